The predicted octanol–water partition coefficient (Wildman–Crippen LogP) is 2.01. The lowest BCUT2D eigenvalue weighted by Crippen LogP contribution is -2.50. The maximum Gasteiger partial charge on any atom is 0.253 e. The van der Waals surface area contributed by atoms with E-state index < -0.39 is 10.0 Å². The van der Waals surface area contributed by atoms with Crippen LogP contribution < -0.4 is 0 Å². The van der Waals surface area contributed by atoms with Gasteiger partial charge in [-0.15, -0.1) is 0 Å². The number of carbonyl (C=O) groups is 1. The molecule has 0 bridgehead atoms. The molecule has 1 saturated heterocycles. The second-order valence-electron chi connectivity index (χ2n) is 6.20. The highest BCUT2D eigenvalue weighted by molar-refractivity contribution is 7.89. The van der Waals surface area contributed by atoms with E-state index in [0.29, 0.717) is 24.2 Å². The molecule has 0 atom stereocenters. The minimum absolute atomic E-state index is 0.0829. The monoisotopic (exact) mass is 369 g/mol. The van der Waals surface area contributed by atoms with Gasteiger partial charge in [0.2, 0.25) is 10.0 Å². The van der Waals surface area contributed by atoms with Gasteiger partial charge < -0.3 is 4.90 Å². The van der Waals surface area contributed by atoms with Crippen LogP contribution in [-0.4, -0.2) is 49.7 Å². The van der Waals surface area contributed by atoms with Crippen LogP contribution in [0.3, 0.4) is 0 Å². The van der Waals surface area contributed by atoms with Crippen molar-refractivity contribution in [3.63, 3.8) is 0 Å². The zero-order chi connectivity index (χ0) is 18.7. The van der Waals surface area contributed by atoms with Crippen LogP contribution in [0.4, 0.5) is 0 Å². The van der Waals surface area contributed by atoms with Gasteiger partial charge in [0.15, 0.2) is 0 Å². The molecule has 7 heteroatoms. The van der Waals surface area contributed by atoms with Crippen LogP contribution in [0.1, 0.15) is 21.5 Å². The Morgan fingerprint density at radius 1 is 0.962 bits per heavy atom. The Morgan fingerprint density at radius 2 is 1.54 bits per heavy atom. The molecule has 2 aromatic rings. The molecular formula is C19H19N3O3S. The van der Waals surface area contributed by atoms with Crippen molar-refractivity contribution in [3.05, 3.63) is 65.2 Å². The summed E-state index contributed by atoms with van der Waals surface area (Å²) in [7, 11) is -3.62. The van der Waals surface area contributed by atoms with Crippen molar-refractivity contribution in [2.45, 2.75) is 11.8 Å². The van der Waals surface area contributed by atoms with Crippen LogP contribution in [0.2, 0.25) is 0 Å². The van der Waals surface area contributed by atoms with Gasteiger partial charge in [0.05, 0.1) is 16.5 Å². The van der Waals surface area contributed by atoms with Crippen molar-refractivity contribution in [1.29, 1.82) is 5.26 Å². The number of piperazine rings is 1. The van der Waals surface area contributed by atoms with Gasteiger partial charge in [-0.05, 0) is 43.3 Å². The summed E-state index contributed by atoms with van der Waals surface area (Å²) in [5.74, 6) is -0.0829. The Morgan fingerprint density at radius 3 is 2.08 bits per heavy atom. The van der Waals surface area contributed by atoms with E-state index in [-0.39, 0.29) is 23.9 Å². The van der Waals surface area contributed by atoms with Crippen LogP contribution >= 0.6 is 0 Å². The van der Waals surface area contributed by atoms with E-state index in [4.69, 9.17) is 5.26 Å². The van der Waals surface area contributed by atoms with Gasteiger partial charge >= 0.3 is 0 Å². The Hall–Kier alpha value is -2.69. The summed E-state index contributed by atoms with van der Waals surface area (Å²) >= 11 is 0. The molecule has 1 aliphatic heterocycles. The van der Waals surface area contributed by atoms with Crippen molar-refractivity contribution in [2.24, 2.45) is 0 Å². The first-order valence-corrected chi connectivity index (χ1v) is 9.72. The van der Waals surface area contributed by atoms with Crippen LogP contribution in [0.5, 0.6) is 0 Å². The molecule has 134 valence electrons. The van der Waals surface area contributed by atoms with E-state index >= 15 is 0 Å². The summed E-state index contributed by atoms with van der Waals surface area (Å²) in [6.07, 6.45) is 0. The molecule has 0 saturated carbocycles. The normalized spacial score (nSPS) is 15.5. The van der Waals surface area contributed by atoms with Crippen LogP contribution in [0.25, 0.3) is 0 Å². The molecule has 0 spiro atoms. The highest BCUT2D eigenvalue weighted by atomic mass is 32.2. The highest BCUT2D eigenvalue weighted by Gasteiger charge is 2.30. The largest absolute Gasteiger partial charge is 0.336 e. The van der Waals surface area contributed by atoms with Crippen LogP contribution in [-0.2, 0) is 10.0 Å². The third-order valence-corrected chi connectivity index (χ3v) is 6.36. The fourth-order valence-electron chi connectivity index (χ4n) is 2.86. The molecule has 1 amide bonds. The first-order valence-electron chi connectivity index (χ1n) is 8.28. The molecule has 0 radical (unpaired) electrons. The number of amides is 1. The average Bonchev–Trinajstić information content (AvgIpc) is 2.68. The summed E-state index contributed by atoms with van der Waals surface area (Å²) in [4.78, 5) is 14.4. The third-order valence-electron chi connectivity index (χ3n) is 4.45. The molecule has 0 unspecified atom stereocenters. The zero-order valence-corrected chi connectivity index (χ0v) is 15.2. The SMILES string of the molecule is Cc1ccc(C(=O)N2CCN(S(=O)(=O)c3ccc(C#N)cc3)CC2)cc1. The lowest BCUT2D eigenvalue weighted by Gasteiger charge is -2.34. The summed E-state index contributed by atoms with van der Waals surface area (Å²) in [6, 6.07) is 15.2. The van der Waals surface area contributed by atoms with Crippen molar-refractivity contribution in [3.8, 4) is 6.07 Å². The number of nitriles is 1. The van der Waals surface area contributed by atoms with Gasteiger partial charge in [-0.2, -0.15) is 9.57 Å². The summed E-state index contributed by atoms with van der Waals surface area (Å²) < 4.78 is 26.8. The van der Waals surface area contributed by atoms with Crippen molar-refractivity contribution < 1.29 is 13.2 Å². The minimum atomic E-state index is -3.62. The number of rotatable bonds is 3. The first kappa shape index (κ1) is 18.1. The zero-order valence-electron chi connectivity index (χ0n) is 14.4. The molecular weight excluding hydrogens is 350 g/mol. The quantitative estimate of drug-likeness (QED) is 0.829. The van der Waals surface area contributed by atoms with E-state index in [9.17, 15) is 13.2 Å². The average molecular weight is 369 g/mol. The van der Waals surface area contributed by atoms with Crippen molar-refractivity contribution >= 4 is 15.9 Å². The first-order chi connectivity index (χ1) is 12.4. The predicted molar refractivity (Wildman–Crippen MR) is 97.0 cm³/mol. The molecule has 1 fully saturated rings. The lowest BCUT2D eigenvalue weighted by atomic mass is 10.1. The number of nitrogens with zero attached hydrogens (tertiary/aromatic N) is 3. The van der Waals surface area contributed by atoms with Crippen molar-refractivity contribution in [2.75, 3.05) is 26.2 Å². The van der Waals surface area contributed by atoms with E-state index in [2.05, 4.69) is 0 Å². The minimum Gasteiger partial charge on any atom is -0.336 e. The molecule has 26 heavy (non-hydrogen) atoms. The molecule has 6 nitrogen and oxygen atoms in total. The Kier molecular flexibility index (Phi) is 5.07. The number of hydrogen-bond acceptors (Lipinski definition) is 4. The maximum absolute atomic E-state index is 12.7. The number of aryl methyl sites for hydroxylation is 1. The molecule has 1 heterocycles. The standard InChI is InChI=1S/C19H19N3O3S/c1-15-2-6-17(7-3-15)19(23)21-10-12-22(13-11-21)26(24,25)18-8-4-16(14-20)5-9-18/h2-9H,10-13H2,1H3. The lowest BCUT2D eigenvalue weighted by molar-refractivity contribution is 0.0698. The maximum atomic E-state index is 12.7. The van der Waals surface area contributed by atoms with Crippen LogP contribution in [0.15, 0.2) is 53.4 Å². The molecule has 0 N–H and O–H groups in total. The Balaban J connectivity index is 1.68. The molecule has 1 aliphatic rings. The number of sulfonamides is 1. The fourth-order valence-corrected chi connectivity index (χ4v) is 4.28. The number of benzene rings is 2. The van der Waals surface area contributed by atoms with Gasteiger partial charge in [0, 0.05) is 31.7 Å². The smallest absolute Gasteiger partial charge is 0.253 e. The molecule has 0 aromatic heterocycles. The van der Waals surface area contributed by atoms with Gasteiger partial charge in [-0.3, -0.25) is 4.79 Å². The Labute approximate surface area is 153 Å². The topological polar surface area (TPSA) is 81.5 Å². The van der Waals surface area contributed by atoms with Gasteiger partial charge in [-0.1, -0.05) is 17.7 Å². The van der Waals surface area contributed by atoms with Gasteiger partial charge in [0.25, 0.3) is 5.91 Å². The molecule has 2 aromatic carbocycles. The number of hydrogen-bond donors (Lipinski definition) is 0. The van der Waals surface area contributed by atoms with E-state index in [0.717, 1.165) is 5.56 Å². The van der Waals surface area contributed by atoms with Crippen molar-refractivity contribution in [1.82, 2.24) is 9.21 Å². The van der Waals surface area contributed by atoms with Gasteiger partial charge in [-0.25, -0.2) is 8.42 Å². The summed E-state index contributed by atoms with van der Waals surface area (Å²) in [5.41, 5.74) is 2.11. The van der Waals surface area contributed by atoms with Gasteiger partial charge in [0.1, 0.15) is 0 Å². The van der Waals surface area contributed by atoms with E-state index in [1.165, 1.54) is 28.6 Å². The third kappa shape index (κ3) is 3.62. The Bertz CT molecular complexity index is 937. The summed E-state index contributed by atoms with van der Waals surface area (Å²) in [5, 5.41) is 8.82. The second-order valence-corrected chi connectivity index (χ2v) is 8.14. The molecule has 3 rings (SSSR count). The summed E-state index contributed by atoms with van der Waals surface area (Å²) in [6.45, 7) is 3.16. The highest BCUT2D eigenvalue weighted by Crippen LogP contribution is 2.19. The fraction of sp³-hybridized carbons (Fsp3) is 0.263. The van der Waals surface area contributed by atoms with Crippen LogP contribution in [0, 0.1) is 18.3 Å². The second kappa shape index (κ2) is 7.28. The van der Waals surface area contributed by atoms with E-state index in [1.54, 1.807) is 17.0 Å². The van der Waals surface area contributed by atoms with E-state index in [1.807, 2.05) is 25.1 Å². The molecule has 0 aliphatic carbocycles. The number of carbonyl (C=O) groups excluding carboxylic acids is 1.